The van der Waals surface area contributed by atoms with Crippen molar-refractivity contribution in [2.45, 2.75) is 85.3 Å². The molecule has 0 aromatic rings. The number of Topliss-reactive ketones (excluding diaryl/α,β-unsaturated/α-hetero) is 1. The van der Waals surface area contributed by atoms with E-state index in [0.717, 1.165) is 25.7 Å². The lowest BCUT2D eigenvalue weighted by Gasteiger charge is -2.27. The van der Waals surface area contributed by atoms with Gasteiger partial charge in [0.1, 0.15) is 11.5 Å². The molecule has 26 heavy (non-hydrogen) atoms. The number of nitrogens with zero attached hydrogens (tertiary/aromatic N) is 2. The largest absolute Gasteiger partial charge is 0.411 e. The van der Waals surface area contributed by atoms with E-state index < -0.39 is 12.1 Å². The Kier molecular flexibility index (Phi) is 10.5. The molecule has 0 radical (unpaired) electrons. The normalized spacial score (nSPS) is 20.1. The van der Waals surface area contributed by atoms with Crippen molar-refractivity contribution in [2.75, 3.05) is 13.2 Å². The van der Waals surface area contributed by atoms with E-state index in [1.54, 1.807) is 11.8 Å². The van der Waals surface area contributed by atoms with Crippen molar-refractivity contribution in [3.8, 4) is 0 Å². The monoisotopic (exact) mass is 368 g/mol. The lowest BCUT2D eigenvalue weighted by atomic mass is 9.99. The molecule has 1 heterocycles. The lowest BCUT2D eigenvalue weighted by Crippen LogP contribution is -2.44. The summed E-state index contributed by atoms with van der Waals surface area (Å²) in [7, 11) is 0. The van der Waals surface area contributed by atoms with E-state index in [9.17, 15) is 14.8 Å². The summed E-state index contributed by atoms with van der Waals surface area (Å²) in [6.45, 7) is 8.96. The number of carbonyl (C=O) groups is 2. The van der Waals surface area contributed by atoms with Gasteiger partial charge in [0.15, 0.2) is 6.23 Å². The lowest BCUT2D eigenvalue weighted by molar-refractivity contribution is -0.146. The van der Waals surface area contributed by atoms with Crippen LogP contribution in [0.1, 0.15) is 79.1 Å². The average molecular weight is 369 g/mol. The van der Waals surface area contributed by atoms with Crippen LogP contribution in [0, 0.1) is 11.8 Å². The highest BCUT2D eigenvalue weighted by Crippen LogP contribution is 2.21. The minimum atomic E-state index is -0.671. The SMILES string of the molecule is CCCCCCCC(=O)C(C)C(=O)N1CC/C(=N\O)C1OCCC(C)C. The maximum Gasteiger partial charge on any atom is 0.235 e. The number of amides is 1. The summed E-state index contributed by atoms with van der Waals surface area (Å²) in [6.07, 6.45) is 6.52. The number of hydrogen-bond donors (Lipinski definition) is 1. The Bertz CT molecular complexity index is 476. The molecule has 150 valence electrons. The van der Waals surface area contributed by atoms with Gasteiger partial charge in [-0.2, -0.15) is 0 Å². The maximum atomic E-state index is 12.8. The third kappa shape index (κ3) is 7.06. The molecule has 2 atom stereocenters. The molecule has 1 saturated heterocycles. The fraction of sp³-hybridized carbons (Fsp3) is 0.850. The summed E-state index contributed by atoms with van der Waals surface area (Å²) in [6, 6.07) is 0. The average Bonchev–Trinajstić information content (AvgIpc) is 3.02. The van der Waals surface area contributed by atoms with Gasteiger partial charge in [-0.05, 0) is 25.7 Å². The van der Waals surface area contributed by atoms with Gasteiger partial charge in [-0.1, -0.05) is 51.6 Å². The number of unbranched alkanes of at least 4 members (excludes halogenated alkanes) is 4. The maximum absolute atomic E-state index is 12.8. The Hall–Kier alpha value is -1.43. The predicted molar refractivity (Wildman–Crippen MR) is 102 cm³/mol. The van der Waals surface area contributed by atoms with Crippen LogP contribution < -0.4 is 0 Å². The molecule has 1 amide bonds. The van der Waals surface area contributed by atoms with Gasteiger partial charge in [0, 0.05) is 26.0 Å². The zero-order chi connectivity index (χ0) is 19.5. The molecule has 6 heteroatoms. The summed E-state index contributed by atoms with van der Waals surface area (Å²) < 4.78 is 5.81. The van der Waals surface area contributed by atoms with Gasteiger partial charge in [0.05, 0.1) is 5.92 Å². The molecule has 0 bridgehead atoms. The van der Waals surface area contributed by atoms with Crippen LogP contribution in [-0.4, -0.2) is 46.9 Å². The van der Waals surface area contributed by atoms with Crippen LogP contribution in [0.5, 0.6) is 0 Å². The standard InChI is InChI=1S/C20H36N2O4/c1-5-6-7-8-9-10-18(23)16(4)19(24)22-13-11-17(21-25)20(22)26-14-12-15(2)3/h15-16,20,25H,5-14H2,1-4H3/b21-17+. The fourth-order valence-electron chi connectivity index (χ4n) is 3.09. The first kappa shape index (κ1) is 22.6. The second kappa shape index (κ2) is 12.0. The van der Waals surface area contributed by atoms with Crippen LogP contribution >= 0.6 is 0 Å². The smallest absolute Gasteiger partial charge is 0.235 e. The number of ketones is 1. The molecule has 2 unspecified atom stereocenters. The molecule has 1 aliphatic rings. The highest BCUT2D eigenvalue weighted by Gasteiger charge is 2.38. The van der Waals surface area contributed by atoms with Gasteiger partial charge in [0.25, 0.3) is 0 Å². The Morgan fingerprint density at radius 2 is 1.92 bits per heavy atom. The summed E-state index contributed by atoms with van der Waals surface area (Å²) >= 11 is 0. The molecule has 1 rings (SSSR count). The van der Waals surface area contributed by atoms with Crippen LogP contribution in [-0.2, 0) is 14.3 Å². The third-order valence-corrected chi connectivity index (χ3v) is 4.94. The summed E-state index contributed by atoms with van der Waals surface area (Å²) in [5, 5.41) is 12.5. The van der Waals surface area contributed by atoms with Crippen LogP contribution in [0.25, 0.3) is 0 Å². The van der Waals surface area contributed by atoms with E-state index in [0.29, 0.717) is 37.6 Å². The Morgan fingerprint density at radius 3 is 2.54 bits per heavy atom. The predicted octanol–water partition coefficient (Wildman–Crippen LogP) is 4.00. The van der Waals surface area contributed by atoms with Crippen molar-refractivity contribution in [1.29, 1.82) is 0 Å². The first-order chi connectivity index (χ1) is 12.4. The van der Waals surface area contributed by atoms with Crippen molar-refractivity contribution in [3.63, 3.8) is 0 Å². The van der Waals surface area contributed by atoms with Gasteiger partial charge in [0.2, 0.25) is 5.91 Å². The summed E-state index contributed by atoms with van der Waals surface area (Å²) in [4.78, 5) is 26.7. The Labute approximate surface area is 158 Å². The second-order valence-electron chi connectivity index (χ2n) is 7.63. The van der Waals surface area contributed by atoms with Crippen molar-refractivity contribution < 1.29 is 19.5 Å². The van der Waals surface area contributed by atoms with E-state index >= 15 is 0 Å². The van der Waals surface area contributed by atoms with E-state index in [4.69, 9.17) is 4.74 Å². The zero-order valence-electron chi connectivity index (χ0n) is 16.9. The van der Waals surface area contributed by atoms with Crippen molar-refractivity contribution in [2.24, 2.45) is 17.0 Å². The van der Waals surface area contributed by atoms with E-state index in [1.807, 2.05) is 0 Å². The number of hydrogen-bond acceptors (Lipinski definition) is 5. The molecule has 0 saturated carbocycles. The Balaban J connectivity index is 2.57. The van der Waals surface area contributed by atoms with Crippen LogP contribution in [0.4, 0.5) is 0 Å². The highest BCUT2D eigenvalue weighted by atomic mass is 16.5. The van der Waals surface area contributed by atoms with Gasteiger partial charge in [-0.15, -0.1) is 0 Å². The van der Waals surface area contributed by atoms with Gasteiger partial charge in [-0.25, -0.2) is 0 Å². The van der Waals surface area contributed by atoms with E-state index in [2.05, 4.69) is 25.9 Å². The van der Waals surface area contributed by atoms with Crippen molar-refractivity contribution in [3.05, 3.63) is 0 Å². The number of ether oxygens (including phenoxy) is 1. The first-order valence-corrected chi connectivity index (χ1v) is 10.1. The molecule has 1 aliphatic heterocycles. The molecule has 0 aromatic heterocycles. The molecule has 6 nitrogen and oxygen atoms in total. The second-order valence-corrected chi connectivity index (χ2v) is 7.63. The number of carbonyl (C=O) groups excluding carboxylic acids is 2. The fourth-order valence-corrected chi connectivity index (χ4v) is 3.09. The van der Waals surface area contributed by atoms with Gasteiger partial charge in [-0.3, -0.25) is 9.59 Å². The molecule has 0 aliphatic carbocycles. The van der Waals surface area contributed by atoms with Gasteiger partial charge < -0.3 is 14.8 Å². The van der Waals surface area contributed by atoms with E-state index in [1.165, 1.54) is 12.8 Å². The van der Waals surface area contributed by atoms with Crippen molar-refractivity contribution in [1.82, 2.24) is 4.90 Å². The highest BCUT2D eigenvalue weighted by molar-refractivity contribution is 6.04. The zero-order valence-corrected chi connectivity index (χ0v) is 16.9. The van der Waals surface area contributed by atoms with E-state index in [-0.39, 0.29) is 11.7 Å². The number of oxime groups is 1. The molecule has 0 spiro atoms. The minimum absolute atomic E-state index is 0.0122. The summed E-state index contributed by atoms with van der Waals surface area (Å²) in [5.41, 5.74) is 0.460. The molecule has 1 fully saturated rings. The quantitative estimate of drug-likeness (QED) is 0.244. The molecule has 0 aromatic carbocycles. The first-order valence-electron chi connectivity index (χ1n) is 10.1. The summed E-state index contributed by atoms with van der Waals surface area (Å²) in [5.74, 6) is -0.419. The topological polar surface area (TPSA) is 79.2 Å². The van der Waals surface area contributed by atoms with Gasteiger partial charge >= 0.3 is 0 Å². The van der Waals surface area contributed by atoms with Crippen LogP contribution in [0.2, 0.25) is 0 Å². The Morgan fingerprint density at radius 1 is 1.23 bits per heavy atom. The van der Waals surface area contributed by atoms with Crippen molar-refractivity contribution >= 4 is 17.4 Å². The molecular weight excluding hydrogens is 332 g/mol. The van der Waals surface area contributed by atoms with Crippen LogP contribution in [0.15, 0.2) is 5.16 Å². The number of likely N-dealkylation sites (tertiary alicyclic amines) is 1. The molecular formula is C20H36N2O4. The van der Waals surface area contributed by atoms with Crippen LogP contribution in [0.3, 0.4) is 0 Å². The molecule has 1 N–H and O–H groups in total. The number of rotatable bonds is 12. The third-order valence-electron chi connectivity index (χ3n) is 4.94. The minimum Gasteiger partial charge on any atom is -0.411 e.